The number of carboxylic acid groups (broad SMARTS) is 1. The van der Waals surface area contributed by atoms with Crippen molar-refractivity contribution in [2.24, 2.45) is 5.41 Å². The fourth-order valence-electron chi connectivity index (χ4n) is 2.40. The van der Waals surface area contributed by atoms with Crippen molar-refractivity contribution in [2.45, 2.75) is 25.8 Å². The summed E-state index contributed by atoms with van der Waals surface area (Å²) in [6.07, 6.45) is 0.395. The molecule has 1 amide bonds. The van der Waals surface area contributed by atoms with E-state index in [9.17, 15) is 14.7 Å². The van der Waals surface area contributed by atoms with E-state index in [1.54, 1.807) is 30.3 Å². The Morgan fingerprint density at radius 2 is 1.90 bits per heavy atom. The van der Waals surface area contributed by atoms with E-state index in [-0.39, 0.29) is 0 Å². The van der Waals surface area contributed by atoms with E-state index in [1.165, 1.54) is 0 Å². The average molecular weight is 293 g/mol. The molecule has 1 aromatic carbocycles. The van der Waals surface area contributed by atoms with Gasteiger partial charge in [0.15, 0.2) is 0 Å². The quantitative estimate of drug-likeness (QED) is 0.887. The Hall–Kier alpha value is -2.08. The second kappa shape index (κ2) is 6.58. The van der Waals surface area contributed by atoms with Crippen molar-refractivity contribution in [1.29, 1.82) is 0 Å². The Morgan fingerprint density at radius 3 is 2.48 bits per heavy atom. The lowest BCUT2D eigenvalue weighted by Crippen LogP contribution is -2.54. The summed E-state index contributed by atoms with van der Waals surface area (Å²) in [4.78, 5) is 23.4. The lowest BCUT2D eigenvalue weighted by Gasteiger charge is -2.38. The minimum absolute atomic E-state index is 0.372. The van der Waals surface area contributed by atoms with Gasteiger partial charge in [0.1, 0.15) is 11.8 Å². The molecule has 1 unspecified atom stereocenters. The van der Waals surface area contributed by atoms with E-state index in [2.05, 4.69) is 5.32 Å². The molecule has 1 heterocycles. The zero-order chi connectivity index (χ0) is 15.3. The number of ether oxygens (including phenoxy) is 2. The standard InChI is InChI=1S/C15H19NO5/c1-15(7-9-20-10-8-15)12(13(17)18)16-14(19)21-11-5-3-2-4-6-11/h2-6,12H,7-10H2,1H3,(H,16,19)(H,17,18). The number of aliphatic carboxylic acids is 1. The fraction of sp³-hybridized carbons (Fsp3) is 0.467. The number of para-hydroxylation sites is 1. The van der Waals surface area contributed by atoms with E-state index in [0.29, 0.717) is 31.8 Å². The molecule has 1 fully saturated rings. The lowest BCUT2D eigenvalue weighted by molar-refractivity contribution is -0.144. The fourth-order valence-corrected chi connectivity index (χ4v) is 2.40. The highest BCUT2D eigenvalue weighted by Crippen LogP contribution is 2.33. The van der Waals surface area contributed by atoms with Crippen LogP contribution in [0.4, 0.5) is 4.79 Å². The second-order valence-electron chi connectivity index (χ2n) is 5.38. The van der Waals surface area contributed by atoms with Gasteiger partial charge in [0, 0.05) is 18.6 Å². The number of amides is 1. The van der Waals surface area contributed by atoms with Crippen molar-refractivity contribution in [3.8, 4) is 5.75 Å². The molecule has 21 heavy (non-hydrogen) atoms. The zero-order valence-electron chi connectivity index (χ0n) is 11.9. The summed E-state index contributed by atoms with van der Waals surface area (Å²) in [6, 6.07) is 7.52. The maximum Gasteiger partial charge on any atom is 0.413 e. The Bertz CT molecular complexity index is 496. The van der Waals surface area contributed by atoms with Gasteiger partial charge in [0.25, 0.3) is 0 Å². The van der Waals surface area contributed by atoms with Crippen LogP contribution in [0.2, 0.25) is 0 Å². The summed E-state index contributed by atoms with van der Waals surface area (Å²) in [6.45, 7) is 2.84. The Morgan fingerprint density at radius 1 is 1.29 bits per heavy atom. The second-order valence-corrected chi connectivity index (χ2v) is 5.38. The first-order valence-electron chi connectivity index (χ1n) is 6.85. The molecule has 1 saturated heterocycles. The van der Waals surface area contributed by atoms with Gasteiger partial charge in [-0.25, -0.2) is 9.59 Å². The van der Waals surface area contributed by atoms with Crippen LogP contribution in [0, 0.1) is 5.41 Å². The van der Waals surface area contributed by atoms with Crippen LogP contribution in [0.3, 0.4) is 0 Å². The highest BCUT2D eigenvalue weighted by Gasteiger charge is 2.41. The molecular formula is C15H19NO5. The van der Waals surface area contributed by atoms with Crippen LogP contribution in [-0.2, 0) is 9.53 Å². The highest BCUT2D eigenvalue weighted by molar-refractivity contribution is 5.81. The van der Waals surface area contributed by atoms with Gasteiger partial charge >= 0.3 is 12.1 Å². The monoisotopic (exact) mass is 293 g/mol. The van der Waals surface area contributed by atoms with Crippen molar-refractivity contribution < 1.29 is 24.2 Å². The van der Waals surface area contributed by atoms with Crippen molar-refractivity contribution >= 4 is 12.1 Å². The molecule has 2 N–H and O–H groups in total. The Balaban J connectivity index is 2.02. The zero-order valence-corrected chi connectivity index (χ0v) is 11.9. The number of carboxylic acids is 1. The van der Waals surface area contributed by atoms with Crippen molar-refractivity contribution in [1.82, 2.24) is 5.32 Å². The van der Waals surface area contributed by atoms with E-state index in [4.69, 9.17) is 9.47 Å². The summed E-state index contributed by atoms with van der Waals surface area (Å²) < 4.78 is 10.3. The Kier molecular flexibility index (Phi) is 4.80. The van der Waals surface area contributed by atoms with Crippen LogP contribution in [0.1, 0.15) is 19.8 Å². The van der Waals surface area contributed by atoms with Gasteiger partial charge in [-0.05, 0) is 25.0 Å². The predicted octanol–water partition coefficient (Wildman–Crippen LogP) is 2.04. The molecule has 0 bridgehead atoms. The third kappa shape index (κ3) is 3.95. The van der Waals surface area contributed by atoms with Crippen molar-refractivity contribution in [3.63, 3.8) is 0 Å². The maximum absolute atomic E-state index is 11.9. The number of carbonyl (C=O) groups excluding carboxylic acids is 1. The normalized spacial score (nSPS) is 18.5. The van der Waals surface area contributed by atoms with E-state index in [1.807, 2.05) is 6.92 Å². The number of rotatable bonds is 4. The molecule has 1 aliphatic rings. The molecule has 0 spiro atoms. The van der Waals surface area contributed by atoms with Crippen molar-refractivity contribution in [3.05, 3.63) is 30.3 Å². The van der Waals surface area contributed by atoms with E-state index < -0.39 is 23.5 Å². The van der Waals surface area contributed by atoms with Crippen molar-refractivity contribution in [2.75, 3.05) is 13.2 Å². The molecular weight excluding hydrogens is 274 g/mol. The van der Waals surface area contributed by atoms with E-state index in [0.717, 1.165) is 0 Å². The van der Waals surface area contributed by atoms with Gasteiger partial charge in [-0.3, -0.25) is 0 Å². The van der Waals surface area contributed by atoms with Crippen LogP contribution in [0.5, 0.6) is 5.75 Å². The molecule has 0 aromatic heterocycles. The predicted molar refractivity (Wildman–Crippen MR) is 75.2 cm³/mol. The van der Waals surface area contributed by atoms with Crippen LogP contribution in [0.25, 0.3) is 0 Å². The summed E-state index contributed by atoms with van der Waals surface area (Å²) in [5.74, 6) is -0.694. The molecule has 0 radical (unpaired) electrons. The summed E-state index contributed by atoms with van der Waals surface area (Å²) in [7, 11) is 0. The number of benzene rings is 1. The van der Waals surface area contributed by atoms with Gasteiger partial charge in [-0.2, -0.15) is 0 Å². The largest absolute Gasteiger partial charge is 0.480 e. The average Bonchev–Trinajstić information content (AvgIpc) is 2.46. The maximum atomic E-state index is 11.9. The van der Waals surface area contributed by atoms with Gasteiger partial charge < -0.3 is 19.9 Å². The summed E-state index contributed by atoms with van der Waals surface area (Å²) in [5.41, 5.74) is -0.542. The van der Waals surface area contributed by atoms with Crippen LogP contribution >= 0.6 is 0 Å². The molecule has 1 atom stereocenters. The van der Waals surface area contributed by atoms with Gasteiger partial charge in [0.2, 0.25) is 0 Å². The number of carbonyl (C=O) groups is 2. The molecule has 0 aliphatic carbocycles. The first-order valence-corrected chi connectivity index (χ1v) is 6.85. The molecule has 6 nitrogen and oxygen atoms in total. The lowest BCUT2D eigenvalue weighted by atomic mass is 9.75. The van der Waals surface area contributed by atoms with Gasteiger partial charge in [0.05, 0.1) is 0 Å². The first kappa shape index (κ1) is 15.3. The topological polar surface area (TPSA) is 84.9 Å². The third-order valence-electron chi connectivity index (χ3n) is 3.79. The summed E-state index contributed by atoms with van der Waals surface area (Å²) in [5, 5.41) is 11.9. The SMILES string of the molecule is CC1(C(NC(=O)Oc2ccccc2)C(=O)O)CCOCC1. The van der Waals surface area contributed by atoms with E-state index >= 15 is 0 Å². The molecule has 6 heteroatoms. The van der Waals surface area contributed by atoms with Gasteiger partial charge in [-0.1, -0.05) is 25.1 Å². The minimum atomic E-state index is -1.07. The molecule has 114 valence electrons. The van der Waals surface area contributed by atoms with Crippen LogP contribution in [0.15, 0.2) is 30.3 Å². The molecule has 2 rings (SSSR count). The summed E-state index contributed by atoms with van der Waals surface area (Å²) >= 11 is 0. The Labute approximate surface area is 123 Å². The number of nitrogens with one attached hydrogen (secondary N) is 1. The van der Waals surface area contributed by atoms with Crippen LogP contribution in [-0.4, -0.2) is 36.4 Å². The molecule has 1 aliphatic heterocycles. The third-order valence-corrected chi connectivity index (χ3v) is 3.79. The smallest absolute Gasteiger partial charge is 0.413 e. The minimum Gasteiger partial charge on any atom is -0.480 e. The van der Waals surface area contributed by atoms with Gasteiger partial charge in [-0.15, -0.1) is 0 Å². The number of hydrogen-bond acceptors (Lipinski definition) is 4. The molecule has 1 aromatic rings. The van der Waals surface area contributed by atoms with Crippen LogP contribution < -0.4 is 10.1 Å². The molecule has 0 saturated carbocycles. The highest BCUT2D eigenvalue weighted by atomic mass is 16.6. The first-order chi connectivity index (χ1) is 10.0. The number of hydrogen-bond donors (Lipinski definition) is 2.